The standard InChI is InChI=1S/C14H15NO4/c1-14(2,3)15-13(16)12-5-8-4-10-11(18-7-17-10)6-9(8)19-12/h4-6H,7H2,1-3H3,(H,15,16). The van der Waals surface area contributed by atoms with Crippen LogP contribution in [0.5, 0.6) is 11.5 Å². The Kier molecular flexibility index (Phi) is 2.45. The molecule has 0 aliphatic carbocycles. The molecule has 1 aromatic carbocycles. The van der Waals surface area contributed by atoms with Crippen LogP contribution in [-0.2, 0) is 0 Å². The molecule has 0 saturated carbocycles. The van der Waals surface area contributed by atoms with E-state index in [1.807, 2.05) is 26.8 Å². The first-order chi connectivity index (χ1) is 8.92. The summed E-state index contributed by atoms with van der Waals surface area (Å²) in [5, 5.41) is 3.68. The lowest BCUT2D eigenvalue weighted by Crippen LogP contribution is -2.40. The number of amides is 1. The summed E-state index contributed by atoms with van der Waals surface area (Å²) in [6.45, 7) is 5.98. The fourth-order valence-corrected chi connectivity index (χ4v) is 1.94. The fraction of sp³-hybridized carbons (Fsp3) is 0.357. The van der Waals surface area contributed by atoms with Crippen molar-refractivity contribution in [3.63, 3.8) is 0 Å². The van der Waals surface area contributed by atoms with Crippen LogP contribution < -0.4 is 14.8 Å². The van der Waals surface area contributed by atoms with E-state index >= 15 is 0 Å². The largest absolute Gasteiger partial charge is 0.454 e. The Morgan fingerprint density at radius 1 is 1.16 bits per heavy atom. The minimum Gasteiger partial charge on any atom is -0.454 e. The van der Waals surface area contributed by atoms with Gasteiger partial charge in [0, 0.05) is 17.0 Å². The summed E-state index contributed by atoms with van der Waals surface area (Å²) in [7, 11) is 0. The molecule has 1 N–H and O–H groups in total. The molecule has 2 heterocycles. The van der Waals surface area contributed by atoms with Gasteiger partial charge >= 0.3 is 0 Å². The predicted octanol–water partition coefficient (Wildman–Crippen LogP) is 2.69. The van der Waals surface area contributed by atoms with E-state index in [0.717, 1.165) is 5.39 Å². The third-order valence-corrected chi connectivity index (χ3v) is 2.72. The molecule has 1 aromatic heterocycles. The zero-order chi connectivity index (χ0) is 13.6. The minimum atomic E-state index is -0.302. The number of hydrogen-bond donors (Lipinski definition) is 1. The first-order valence-electron chi connectivity index (χ1n) is 6.08. The van der Waals surface area contributed by atoms with Gasteiger partial charge in [-0.1, -0.05) is 0 Å². The molecule has 1 amide bonds. The van der Waals surface area contributed by atoms with E-state index in [4.69, 9.17) is 13.9 Å². The molecule has 0 saturated heterocycles. The monoisotopic (exact) mass is 261 g/mol. The van der Waals surface area contributed by atoms with Crippen LogP contribution in [0.2, 0.25) is 0 Å². The number of rotatable bonds is 1. The number of carbonyl (C=O) groups excluding carboxylic acids is 1. The van der Waals surface area contributed by atoms with Crippen molar-refractivity contribution in [1.82, 2.24) is 5.32 Å². The third kappa shape index (κ3) is 2.23. The molecule has 0 spiro atoms. The number of benzene rings is 1. The number of fused-ring (bicyclic) bond motifs is 2. The molecule has 5 nitrogen and oxygen atoms in total. The van der Waals surface area contributed by atoms with E-state index in [2.05, 4.69) is 5.32 Å². The van der Waals surface area contributed by atoms with Gasteiger partial charge in [0.2, 0.25) is 6.79 Å². The van der Waals surface area contributed by atoms with Crippen molar-refractivity contribution in [1.29, 1.82) is 0 Å². The number of ether oxygens (including phenoxy) is 2. The van der Waals surface area contributed by atoms with E-state index in [-0.39, 0.29) is 24.0 Å². The normalized spacial score (nSPS) is 13.8. The Morgan fingerprint density at radius 2 is 1.84 bits per heavy atom. The third-order valence-electron chi connectivity index (χ3n) is 2.72. The number of hydrogen-bond acceptors (Lipinski definition) is 4. The Balaban J connectivity index is 1.96. The molecule has 0 unspecified atom stereocenters. The smallest absolute Gasteiger partial charge is 0.287 e. The second kappa shape index (κ2) is 3.91. The van der Waals surface area contributed by atoms with Crippen molar-refractivity contribution < 1.29 is 18.7 Å². The van der Waals surface area contributed by atoms with E-state index in [9.17, 15) is 4.79 Å². The molecule has 0 bridgehead atoms. The van der Waals surface area contributed by atoms with Crippen molar-refractivity contribution in [3.8, 4) is 11.5 Å². The van der Waals surface area contributed by atoms with E-state index in [1.165, 1.54) is 0 Å². The van der Waals surface area contributed by atoms with Crippen molar-refractivity contribution in [3.05, 3.63) is 24.0 Å². The number of nitrogens with one attached hydrogen (secondary N) is 1. The first-order valence-corrected chi connectivity index (χ1v) is 6.08. The molecule has 100 valence electrons. The number of carbonyl (C=O) groups is 1. The molecule has 1 aliphatic rings. The van der Waals surface area contributed by atoms with Crippen LogP contribution in [-0.4, -0.2) is 18.2 Å². The summed E-state index contributed by atoms with van der Waals surface area (Å²) in [6, 6.07) is 5.26. The average Bonchev–Trinajstić information content (AvgIpc) is 2.87. The molecule has 0 fully saturated rings. The van der Waals surface area contributed by atoms with Crippen molar-refractivity contribution >= 4 is 16.9 Å². The quantitative estimate of drug-likeness (QED) is 0.857. The predicted molar refractivity (Wildman–Crippen MR) is 69.6 cm³/mol. The Labute approximate surface area is 110 Å². The van der Waals surface area contributed by atoms with Crippen molar-refractivity contribution in [2.24, 2.45) is 0 Å². The van der Waals surface area contributed by atoms with Gasteiger partial charge in [-0.2, -0.15) is 0 Å². The maximum atomic E-state index is 12.0. The highest BCUT2D eigenvalue weighted by atomic mass is 16.7. The van der Waals surface area contributed by atoms with Gasteiger partial charge in [0.1, 0.15) is 5.58 Å². The summed E-state index contributed by atoms with van der Waals surface area (Å²) in [6.07, 6.45) is 0. The van der Waals surface area contributed by atoms with Gasteiger partial charge in [0.05, 0.1) is 0 Å². The van der Waals surface area contributed by atoms with Crippen molar-refractivity contribution in [2.45, 2.75) is 26.3 Å². The summed E-state index contributed by atoms with van der Waals surface area (Å²) >= 11 is 0. The lowest BCUT2D eigenvalue weighted by molar-refractivity contribution is 0.0893. The van der Waals surface area contributed by atoms with Crippen LogP contribution in [0.1, 0.15) is 31.3 Å². The molecular weight excluding hydrogens is 246 g/mol. The van der Waals surface area contributed by atoms with Gasteiger partial charge in [-0.25, -0.2) is 0 Å². The molecule has 0 radical (unpaired) electrons. The maximum absolute atomic E-state index is 12.0. The Hall–Kier alpha value is -2.17. The SMILES string of the molecule is CC(C)(C)NC(=O)c1cc2cc3c(cc2o1)OCO3. The first kappa shape index (κ1) is 11.9. The zero-order valence-corrected chi connectivity index (χ0v) is 11.1. The summed E-state index contributed by atoms with van der Waals surface area (Å²) in [5.74, 6) is 1.38. The molecule has 3 rings (SSSR count). The summed E-state index contributed by atoms with van der Waals surface area (Å²) in [4.78, 5) is 12.0. The van der Waals surface area contributed by atoms with Gasteiger partial charge < -0.3 is 19.2 Å². The topological polar surface area (TPSA) is 60.7 Å². The average molecular weight is 261 g/mol. The van der Waals surface area contributed by atoms with Crippen LogP contribution in [0.15, 0.2) is 22.6 Å². The summed E-state index contributed by atoms with van der Waals surface area (Å²) in [5.41, 5.74) is 0.313. The molecular formula is C14H15NO4. The van der Waals surface area contributed by atoms with E-state index < -0.39 is 0 Å². The second-order valence-corrected chi connectivity index (χ2v) is 5.56. The van der Waals surface area contributed by atoms with Gasteiger partial charge in [0.25, 0.3) is 5.91 Å². The van der Waals surface area contributed by atoms with Crippen LogP contribution in [0, 0.1) is 0 Å². The molecule has 0 atom stereocenters. The van der Waals surface area contributed by atoms with Crippen molar-refractivity contribution in [2.75, 3.05) is 6.79 Å². The van der Waals surface area contributed by atoms with Gasteiger partial charge in [-0.3, -0.25) is 4.79 Å². The maximum Gasteiger partial charge on any atom is 0.287 e. The van der Waals surface area contributed by atoms with Gasteiger partial charge in [-0.05, 0) is 32.9 Å². The molecule has 19 heavy (non-hydrogen) atoms. The fourth-order valence-electron chi connectivity index (χ4n) is 1.94. The highest BCUT2D eigenvalue weighted by Crippen LogP contribution is 2.37. The highest BCUT2D eigenvalue weighted by molar-refractivity contribution is 5.97. The van der Waals surface area contributed by atoms with Crippen LogP contribution >= 0.6 is 0 Å². The Morgan fingerprint density at radius 3 is 2.53 bits per heavy atom. The molecule has 5 heteroatoms. The van der Waals surface area contributed by atoms with E-state index in [0.29, 0.717) is 17.1 Å². The minimum absolute atomic E-state index is 0.222. The van der Waals surface area contributed by atoms with Crippen LogP contribution in [0.4, 0.5) is 0 Å². The lowest BCUT2D eigenvalue weighted by atomic mass is 10.1. The highest BCUT2D eigenvalue weighted by Gasteiger charge is 2.21. The zero-order valence-electron chi connectivity index (χ0n) is 11.1. The van der Waals surface area contributed by atoms with E-state index in [1.54, 1.807) is 12.1 Å². The second-order valence-electron chi connectivity index (χ2n) is 5.56. The molecule has 2 aromatic rings. The lowest BCUT2D eigenvalue weighted by Gasteiger charge is -2.19. The van der Waals surface area contributed by atoms with Crippen LogP contribution in [0.3, 0.4) is 0 Å². The number of furan rings is 1. The molecule has 1 aliphatic heterocycles. The Bertz CT molecular complexity index is 610. The van der Waals surface area contributed by atoms with Crippen LogP contribution in [0.25, 0.3) is 11.0 Å². The van der Waals surface area contributed by atoms with Gasteiger partial charge in [-0.15, -0.1) is 0 Å². The summed E-state index contributed by atoms with van der Waals surface area (Å²) < 4.78 is 16.1. The van der Waals surface area contributed by atoms with Gasteiger partial charge in [0.15, 0.2) is 17.3 Å².